The first kappa shape index (κ1) is 15.4. The van der Waals surface area contributed by atoms with E-state index >= 15 is 0 Å². The molecule has 118 valence electrons. The molecule has 9 heteroatoms. The van der Waals surface area contributed by atoms with Crippen molar-refractivity contribution < 1.29 is 23.8 Å². The highest BCUT2D eigenvalue weighted by Crippen LogP contribution is 2.37. The van der Waals surface area contributed by atoms with Gasteiger partial charge in [0, 0.05) is 0 Å². The van der Waals surface area contributed by atoms with E-state index in [4.69, 9.17) is 14.2 Å². The molecule has 2 aliphatic rings. The highest BCUT2D eigenvalue weighted by molar-refractivity contribution is 9.11. The van der Waals surface area contributed by atoms with Gasteiger partial charge in [-0.1, -0.05) is 0 Å². The number of carbonyl (C=O) groups excluding carboxylic acids is 2. The van der Waals surface area contributed by atoms with Crippen molar-refractivity contribution in [2.75, 3.05) is 19.7 Å². The van der Waals surface area contributed by atoms with Gasteiger partial charge in [0.15, 0.2) is 6.10 Å². The normalized spacial score (nSPS) is 23.5. The summed E-state index contributed by atoms with van der Waals surface area (Å²) < 4.78 is 17.3. The van der Waals surface area contributed by atoms with Gasteiger partial charge in [0.1, 0.15) is 18.5 Å². The summed E-state index contributed by atoms with van der Waals surface area (Å²) in [5, 5.41) is 5.18. The lowest BCUT2D eigenvalue weighted by Crippen LogP contribution is -2.22. The second kappa shape index (κ2) is 6.33. The number of halogens is 2. The SMILES string of the molecule is O=C1NCC(COc2c(Br)cc(C3CNC(=O)O3)cc2Br)O1. The lowest BCUT2D eigenvalue weighted by atomic mass is 10.1. The molecule has 1 aromatic carbocycles. The van der Waals surface area contributed by atoms with E-state index in [9.17, 15) is 9.59 Å². The Labute approximate surface area is 142 Å². The van der Waals surface area contributed by atoms with E-state index in [0.717, 1.165) is 14.5 Å². The molecule has 3 rings (SSSR count). The highest BCUT2D eigenvalue weighted by Gasteiger charge is 2.27. The second-order valence-corrected chi connectivity index (χ2v) is 6.52. The molecule has 2 amide bonds. The number of rotatable bonds is 4. The van der Waals surface area contributed by atoms with Crippen LogP contribution in [0.2, 0.25) is 0 Å². The van der Waals surface area contributed by atoms with Crippen molar-refractivity contribution in [2.24, 2.45) is 0 Å². The average molecular weight is 436 g/mol. The Hall–Kier alpha value is -1.48. The molecule has 2 unspecified atom stereocenters. The van der Waals surface area contributed by atoms with Crippen LogP contribution in [-0.4, -0.2) is 38.0 Å². The maximum atomic E-state index is 11.1. The molecule has 0 aromatic heterocycles. The van der Waals surface area contributed by atoms with E-state index in [1.165, 1.54) is 0 Å². The topological polar surface area (TPSA) is 85.9 Å². The molecule has 2 aliphatic heterocycles. The number of alkyl carbamates (subject to hydrolysis) is 2. The fourth-order valence-corrected chi connectivity index (χ4v) is 3.63. The molecule has 0 saturated carbocycles. The number of hydrogen-bond acceptors (Lipinski definition) is 5. The maximum Gasteiger partial charge on any atom is 0.407 e. The Balaban J connectivity index is 1.69. The highest BCUT2D eigenvalue weighted by atomic mass is 79.9. The van der Waals surface area contributed by atoms with Crippen LogP contribution in [-0.2, 0) is 9.47 Å². The third kappa shape index (κ3) is 3.30. The molecule has 2 fully saturated rings. The fraction of sp³-hybridized carbons (Fsp3) is 0.385. The van der Waals surface area contributed by atoms with Crippen LogP contribution in [0.5, 0.6) is 5.75 Å². The minimum absolute atomic E-state index is 0.245. The zero-order chi connectivity index (χ0) is 15.7. The summed E-state index contributed by atoms with van der Waals surface area (Å²) in [6.07, 6.45) is -1.49. The van der Waals surface area contributed by atoms with E-state index in [0.29, 0.717) is 18.8 Å². The standard InChI is InChI=1S/C13H12Br2N2O5/c14-8-1-6(10-4-17-13(19)22-10)2-9(15)11(8)20-5-7-3-16-12(18)21-7/h1-2,7,10H,3-5H2,(H,16,18)(H,17,19). The molecule has 2 heterocycles. The smallest absolute Gasteiger partial charge is 0.407 e. The van der Waals surface area contributed by atoms with Gasteiger partial charge < -0.3 is 24.8 Å². The monoisotopic (exact) mass is 434 g/mol. The van der Waals surface area contributed by atoms with Gasteiger partial charge in [-0.15, -0.1) is 0 Å². The third-order valence-corrected chi connectivity index (χ3v) is 4.41. The van der Waals surface area contributed by atoms with Gasteiger partial charge in [-0.05, 0) is 49.6 Å². The summed E-state index contributed by atoms with van der Waals surface area (Å²) >= 11 is 6.88. The number of amides is 2. The van der Waals surface area contributed by atoms with Gasteiger partial charge in [-0.2, -0.15) is 0 Å². The summed E-state index contributed by atoms with van der Waals surface area (Å²) in [5.74, 6) is 0.601. The van der Waals surface area contributed by atoms with Crippen molar-refractivity contribution in [2.45, 2.75) is 12.2 Å². The molecule has 1 aromatic rings. The fourth-order valence-electron chi connectivity index (χ4n) is 2.18. The first-order valence-corrected chi connectivity index (χ1v) is 8.12. The zero-order valence-electron chi connectivity index (χ0n) is 11.2. The summed E-state index contributed by atoms with van der Waals surface area (Å²) in [6.45, 7) is 1.10. The first-order valence-electron chi connectivity index (χ1n) is 6.53. The third-order valence-electron chi connectivity index (χ3n) is 3.23. The summed E-state index contributed by atoms with van der Waals surface area (Å²) in [5.41, 5.74) is 0.846. The Morgan fingerprint density at radius 1 is 1.09 bits per heavy atom. The number of cyclic esters (lactones) is 2. The van der Waals surface area contributed by atoms with Crippen molar-refractivity contribution in [3.8, 4) is 5.75 Å². The van der Waals surface area contributed by atoms with Crippen LogP contribution in [0.15, 0.2) is 21.1 Å². The molecule has 0 bridgehead atoms. The number of carbonyl (C=O) groups is 2. The second-order valence-electron chi connectivity index (χ2n) is 4.81. The molecular formula is C13H12Br2N2O5. The number of benzene rings is 1. The van der Waals surface area contributed by atoms with Crippen LogP contribution in [0, 0.1) is 0 Å². The predicted molar refractivity (Wildman–Crippen MR) is 82.8 cm³/mol. The minimum Gasteiger partial charge on any atom is -0.487 e. The largest absolute Gasteiger partial charge is 0.487 e. The lowest BCUT2D eigenvalue weighted by molar-refractivity contribution is 0.104. The first-order chi connectivity index (χ1) is 10.5. The van der Waals surface area contributed by atoms with E-state index in [1.54, 1.807) is 0 Å². The van der Waals surface area contributed by atoms with E-state index < -0.39 is 12.2 Å². The van der Waals surface area contributed by atoms with Crippen LogP contribution in [0.3, 0.4) is 0 Å². The molecule has 22 heavy (non-hydrogen) atoms. The summed E-state index contributed by atoms with van der Waals surface area (Å²) in [7, 11) is 0. The van der Waals surface area contributed by atoms with Crippen LogP contribution in [0.1, 0.15) is 11.7 Å². The molecular weight excluding hydrogens is 424 g/mol. The zero-order valence-corrected chi connectivity index (χ0v) is 14.4. The van der Waals surface area contributed by atoms with Crippen LogP contribution < -0.4 is 15.4 Å². The van der Waals surface area contributed by atoms with Gasteiger partial charge in [-0.3, -0.25) is 0 Å². The quantitative estimate of drug-likeness (QED) is 0.758. The van der Waals surface area contributed by atoms with Gasteiger partial charge in [0.05, 0.1) is 22.0 Å². The van der Waals surface area contributed by atoms with Crippen molar-refractivity contribution >= 4 is 44.0 Å². The number of nitrogens with one attached hydrogen (secondary N) is 2. The molecule has 0 spiro atoms. The van der Waals surface area contributed by atoms with E-state index in [2.05, 4.69) is 42.5 Å². The molecule has 2 atom stereocenters. The number of ether oxygens (including phenoxy) is 3. The molecule has 0 aliphatic carbocycles. The van der Waals surface area contributed by atoms with Crippen LogP contribution in [0.4, 0.5) is 9.59 Å². The Morgan fingerprint density at radius 3 is 2.27 bits per heavy atom. The molecule has 2 saturated heterocycles. The lowest BCUT2D eigenvalue weighted by Gasteiger charge is -2.16. The van der Waals surface area contributed by atoms with Gasteiger partial charge in [0.2, 0.25) is 0 Å². The van der Waals surface area contributed by atoms with E-state index in [-0.39, 0.29) is 18.8 Å². The molecule has 2 N–H and O–H groups in total. The number of hydrogen-bond donors (Lipinski definition) is 2. The van der Waals surface area contributed by atoms with Gasteiger partial charge >= 0.3 is 12.2 Å². The summed E-state index contributed by atoms with van der Waals surface area (Å²) in [6, 6.07) is 3.67. The summed E-state index contributed by atoms with van der Waals surface area (Å²) in [4.78, 5) is 22.1. The minimum atomic E-state index is -0.433. The van der Waals surface area contributed by atoms with Crippen LogP contribution >= 0.6 is 31.9 Å². The molecule has 7 nitrogen and oxygen atoms in total. The van der Waals surface area contributed by atoms with Gasteiger partial charge in [0.25, 0.3) is 0 Å². The Kier molecular flexibility index (Phi) is 4.44. The van der Waals surface area contributed by atoms with Crippen molar-refractivity contribution in [3.05, 3.63) is 26.6 Å². The Morgan fingerprint density at radius 2 is 1.73 bits per heavy atom. The predicted octanol–water partition coefficient (Wildman–Crippen LogP) is 2.48. The van der Waals surface area contributed by atoms with Gasteiger partial charge in [-0.25, -0.2) is 9.59 Å². The molecule has 0 radical (unpaired) electrons. The van der Waals surface area contributed by atoms with Crippen molar-refractivity contribution in [1.29, 1.82) is 0 Å². The van der Waals surface area contributed by atoms with Crippen molar-refractivity contribution in [3.63, 3.8) is 0 Å². The average Bonchev–Trinajstić information content (AvgIpc) is 3.06. The van der Waals surface area contributed by atoms with Crippen molar-refractivity contribution in [1.82, 2.24) is 10.6 Å². The van der Waals surface area contributed by atoms with E-state index in [1.807, 2.05) is 12.1 Å². The Bertz CT molecular complexity index is 601. The van der Waals surface area contributed by atoms with Crippen LogP contribution in [0.25, 0.3) is 0 Å². The maximum absolute atomic E-state index is 11.1.